The Morgan fingerprint density at radius 2 is 1.81 bits per heavy atom. The van der Waals surface area contributed by atoms with Gasteiger partial charge < -0.3 is 11.5 Å². The zero-order chi connectivity index (χ0) is 23.4. The molecule has 1 aliphatic rings. The molecule has 0 unspecified atom stereocenters. The van der Waals surface area contributed by atoms with Crippen LogP contribution < -0.4 is 22.7 Å². The maximum absolute atomic E-state index is 13.1. The molecule has 0 saturated carbocycles. The van der Waals surface area contributed by atoms with Gasteiger partial charge in [-0.2, -0.15) is 0 Å². The summed E-state index contributed by atoms with van der Waals surface area (Å²) in [7, 11) is 0. The van der Waals surface area contributed by atoms with Gasteiger partial charge in [0, 0.05) is 13.1 Å². The molecular formula is C22H28FN5O4. The van der Waals surface area contributed by atoms with Gasteiger partial charge in [-0.15, -0.1) is 0 Å². The summed E-state index contributed by atoms with van der Waals surface area (Å²) in [6.07, 6.45) is 2.55. The number of amides is 1. The highest BCUT2D eigenvalue weighted by atomic mass is 19.1. The van der Waals surface area contributed by atoms with Crippen LogP contribution in [0.4, 0.5) is 10.2 Å². The Hall–Kier alpha value is -3.27. The molecule has 0 bridgehead atoms. The number of primary amides is 1. The number of likely N-dealkylation sites (tertiary alicyclic amines) is 1. The van der Waals surface area contributed by atoms with E-state index in [9.17, 15) is 23.6 Å². The first-order valence-electron chi connectivity index (χ1n) is 10.7. The van der Waals surface area contributed by atoms with E-state index in [-0.39, 0.29) is 36.8 Å². The monoisotopic (exact) mass is 445 g/mol. The van der Waals surface area contributed by atoms with Crippen molar-refractivity contribution >= 4 is 17.5 Å². The summed E-state index contributed by atoms with van der Waals surface area (Å²) in [5.74, 6) is -1.65. The maximum atomic E-state index is 13.1. The van der Waals surface area contributed by atoms with Gasteiger partial charge in [-0.25, -0.2) is 9.18 Å². The van der Waals surface area contributed by atoms with E-state index in [0.717, 1.165) is 23.0 Å². The maximum Gasteiger partial charge on any atom is 0.332 e. The number of ketones is 1. The summed E-state index contributed by atoms with van der Waals surface area (Å²) in [5, 5.41) is 0. The summed E-state index contributed by atoms with van der Waals surface area (Å²) in [6.45, 7) is 2.14. The fourth-order valence-electron chi connectivity index (χ4n) is 4.13. The van der Waals surface area contributed by atoms with E-state index < -0.39 is 29.0 Å². The van der Waals surface area contributed by atoms with E-state index in [1.54, 1.807) is 24.0 Å². The van der Waals surface area contributed by atoms with Crippen molar-refractivity contribution in [2.75, 3.05) is 18.8 Å². The molecule has 3 rings (SSSR count). The molecule has 9 nitrogen and oxygen atoms in total. The van der Waals surface area contributed by atoms with Gasteiger partial charge in [-0.1, -0.05) is 18.6 Å². The lowest BCUT2D eigenvalue weighted by Gasteiger charge is -2.33. The first-order chi connectivity index (χ1) is 15.2. The van der Waals surface area contributed by atoms with Gasteiger partial charge in [-0.3, -0.25) is 28.4 Å². The van der Waals surface area contributed by atoms with Gasteiger partial charge in [-0.05, 0) is 50.4 Å². The van der Waals surface area contributed by atoms with Gasteiger partial charge in [0.25, 0.3) is 5.56 Å². The minimum absolute atomic E-state index is 0.0718. The lowest BCUT2D eigenvalue weighted by atomic mass is 10.0. The van der Waals surface area contributed by atoms with Crippen molar-refractivity contribution in [3.05, 3.63) is 62.0 Å². The molecule has 10 heteroatoms. The number of halogens is 1. The largest absolute Gasteiger partial charge is 0.384 e. The van der Waals surface area contributed by atoms with Crippen molar-refractivity contribution in [1.29, 1.82) is 0 Å². The first kappa shape index (κ1) is 23.4. The Balaban J connectivity index is 1.94. The number of carbonyl (C=O) groups is 2. The molecule has 1 fully saturated rings. The summed E-state index contributed by atoms with van der Waals surface area (Å²) in [5.41, 5.74) is 10.8. The second-order valence-corrected chi connectivity index (χ2v) is 7.93. The third-order valence-corrected chi connectivity index (χ3v) is 5.89. The van der Waals surface area contributed by atoms with Crippen LogP contribution in [0.5, 0.6) is 0 Å². The van der Waals surface area contributed by atoms with Crippen molar-refractivity contribution in [3.8, 4) is 0 Å². The summed E-state index contributed by atoms with van der Waals surface area (Å²) in [4.78, 5) is 52.3. The predicted molar refractivity (Wildman–Crippen MR) is 118 cm³/mol. The van der Waals surface area contributed by atoms with Gasteiger partial charge in [0.2, 0.25) is 5.91 Å². The number of nitrogens with two attached hydrogens (primary N) is 2. The molecule has 0 radical (unpaired) electrons. The third-order valence-electron chi connectivity index (χ3n) is 5.89. The molecule has 1 aromatic carbocycles. The van der Waals surface area contributed by atoms with Crippen molar-refractivity contribution < 1.29 is 14.0 Å². The molecule has 1 saturated heterocycles. The zero-order valence-corrected chi connectivity index (χ0v) is 18.1. The second-order valence-electron chi connectivity index (χ2n) is 7.93. The number of rotatable bonds is 8. The Kier molecular flexibility index (Phi) is 7.24. The molecule has 2 heterocycles. The van der Waals surface area contributed by atoms with Crippen molar-refractivity contribution in [2.24, 2.45) is 5.73 Å². The average Bonchev–Trinajstić information content (AvgIpc) is 2.75. The highest BCUT2D eigenvalue weighted by Crippen LogP contribution is 2.18. The minimum Gasteiger partial charge on any atom is -0.384 e. The van der Waals surface area contributed by atoms with Crippen LogP contribution in [0, 0.1) is 5.82 Å². The van der Waals surface area contributed by atoms with Crippen LogP contribution in [0.15, 0.2) is 33.9 Å². The Labute approximate surface area is 184 Å². The Morgan fingerprint density at radius 1 is 1.12 bits per heavy atom. The van der Waals surface area contributed by atoms with Gasteiger partial charge in [0.15, 0.2) is 5.78 Å². The van der Waals surface area contributed by atoms with Crippen molar-refractivity contribution in [3.63, 3.8) is 0 Å². The first-order valence-corrected chi connectivity index (χ1v) is 10.7. The number of piperidine rings is 1. The van der Waals surface area contributed by atoms with E-state index in [1.165, 1.54) is 16.7 Å². The number of aryl methyl sites for hydroxylation is 1. The predicted octanol–water partition coefficient (Wildman–Crippen LogP) is 0.516. The summed E-state index contributed by atoms with van der Waals surface area (Å²) >= 11 is 0. The van der Waals surface area contributed by atoms with Crippen LogP contribution in [0.2, 0.25) is 0 Å². The standard InChI is InChI=1S/C22H28FN5O4/c1-2-27-21(31)18(17(29)13-26-11-4-3-5-16(26)20(25)30)19(24)28(22(27)32)12-10-14-6-8-15(23)9-7-14/h6-9,16H,2-5,10-13,24H2,1H3,(H2,25,30)/t16-/m1/s1. The van der Waals surface area contributed by atoms with Crippen LogP contribution >= 0.6 is 0 Å². The molecule has 32 heavy (non-hydrogen) atoms. The van der Waals surface area contributed by atoms with Crippen LogP contribution in [0.25, 0.3) is 0 Å². The molecule has 4 N–H and O–H groups in total. The summed E-state index contributed by atoms with van der Waals surface area (Å²) in [6, 6.07) is 5.25. The SMILES string of the molecule is CCn1c(=O)c(C(=O)CN2CCCC[C@@H]2C(N)=O)c(N)n(CCc2ccc(F)cc2)c1=O. The van der Waals surface area contributed by atoms with Gasteiger partial charge in [0.1, 0.15) is 17.2 Å². The lowest BCUT2D eigenvalue weighted by Crippen LogP contribution is -2.51. The Bertz CT molecular complexity index is 1120. The molecule has 0 aliphatic carbocycles. The van der Waals surface area contributed by atoms with E-state index in [2.05, 4.69) is 0 Å². The van der Waals surface area contributed by atoms with Gasteiger partial charge >= 0.3 is 5.69 Å². The van der Waals surface area contributed by atoms with Crippen molar-refractivity contribution in [1.82, 2.24) is 14.0 Å². The fraction of sp³-hybridized carbons (Fsp3) is 0.455. The molecule has 0 spiro atoms. The normalized spacial score (nSPS) is 16.8. The number of hydrogen-bond donors (Lipinski definition) is 2. The molecule has 2 aromatic rings. The fourth-order valence-corrected chi connectivity index (χ4v) is 4.13. The van der Waals surface area contributed by atoms with Gasteiger partial charge in [0.05, 0.1) is 12.6 Å². The number of carbonyl (C=O) groups excluding carboxylic acids is 2. The zero-order valence-electron chi connectivity index (χ0n) is 18.1. The van der Waals surface area contributed by atoms with E-state index in [1.807, 2.05) is 0 Å². The number of hydrogen-bond acceptors (Lipinski definition) is 6. The molecular weight excluding hydrogens is 417 g/mol. The minimum atomic E-state index is -0.745. The van der Waals surface area contributed by atoms with Crippen LogP contribution in [0.1, 0.15) is 42.1 Å². The van der Waals surface area contributed by atoms with Crippen molar-refractivity contribution in [2.45, 2.75) is 51.7 Å². The Morgan fingerprint density at radius 3 is 2.44 bits per heavy atom. The number of nitrogens with zero attached hydrogens (tertiary/aromatic N) is 3. The number of benzene rings is 1. The smallest absolute Gasteiger partial charge is 0.332 e. The number of Topliss-reactive ketones (excluding diaryl/α,β-unsaturated/α-hetero) is 1. The molecule has 172 valence electrons. The highest BCUT2D eigenvalue weighted by Gasteiger charge is 2.31. The highest BCUT2D eigenvalue weighted by molar-refractivity contribution is 6.01. The summed E-state index contributed by atoms with van der Waals surface area (Å²) < 4.78 is 15.3. The molecule has 1 aliphatic heterocycles. The average molecular weight is 445 g/mol. The quantitative estimate of drug-likeness (QED) is 0.569. The third kappa shape index (κ3) is 4.80. The molecule has 1 amide bonds. The van der Waals surface area contributed by atoms with Crippen LogP contribution in [0.3, 0.4) is 0 Å². The van der Waals surface area contributed by atoms with Crippen LogP contribution in [-0.2, 0) is 24.3 Å². The topological polar surface area (TPSA) is 133 Å². The molecule has 1 atom stereocenters. The van der Waals surface area contributed by atoms with E-state index in [0.29, 0.717) is 19.4 Å². The van der Waals surface area contributed by atoms with Crippen LogP contribution in [-0.4, -0.2) is 44.9 Å². The second kappa shape index (κ2) is 9.90. The number of nitrogen functional groups attached to an aromatic ring is 1. The number of anilines is 1. The van der Waals surface area contributed by atoms with E-state index in [4.69, 9.17) is 11.5 Å². The molecule has 1 aromatic heterocycles. The lowest BCUT2D eigenvalue weighted by molar-refractivity contribution is -0.124. The van der Waals surface area contributed by atoms with E-state index >= 15 is 0 Å². The number of aromatic nitrogens is 2.